The lowest BCUT2D eigenvalue weighted by molar-refractivity contribution is 0.380. The molecule has 0 N–H and O–H groups in total. The van der Waals surface area contributed by atoms with Crippen molar-refractivity contribution >= 4 is 0 Å². The summed E-state index contributed by atoms with van der Waals surface area (Å²) < 4.78 is 10.4. The third-order valence-corrected chi connectivity index (χ3v) is 2.80. The molecule has 0 saturated carbocycles. The highest BCUT2D eigenvalue weighted by atomic mass is 16.5. The van der Waals surface area contributed by atoms with Gasteiger partial charge in [-0.3, -0.25) is 0 Å². The molecule has 1 aromatic carbocycles. The SMILES string of the molecule is CCc1ccc(-c2cnc(OC)nc2)c(OC)c1. The fraction of sp³-hybridized carbons (Fsp3) is 0.286. The standard InChI is InChI=1S/C14H16N2O2/c1-4-10-5-6-12(13(7-10)17-2)11-8-15-14(18-3)16-9-11/h5-9H,4H2,1-3H3. The molecule has 0 amide bonds. The zero-order valence-corrected chi connectivity index (χ0v) is 10.8. The molecule has 0 atom stereocenters. The van der Waals surface area contributed by atoms with Crippen molar-refractivity contribution in [3.05, 3.63) is 36.2 Å². The molecule has 0 aliphatic rings. The van der Waals surface area contributed by atoms with Gasteiger partial charge in [0.05, 0.1) is 14.2 Å². The largest absolute Gasteiger partial charge is 0.496 e. The van der Waals surface area contributed by atoms with Crippen molar-refractivity contribution < 1.29 is 9.47 Å². The van der Waals surface area contributed by atoms with E-state index in [0.717, 1.165) is 23.3 Å². The number of aromatic nitrogens is 2. The van der Waals surface area contributed by atoms with Crippen LogP contribution in [-0.4, -0.2) is 24.2 Å². The van der Waals surface area contributed by atoms with E-state index in [9.17, 15) is 0 Å². The van der Waals surface area contributed by atoms with Gasteiger partial charge < -0.3 is 9.47 Å². The molecule has 0 radical (unpaired) electrons. The lowest BCUT2D eigenvalue weighted by atomic mass is 10.0. The van der Waals surface area contributed by atoms with Gasteiger partial charge in [-0.1, -0.05) is 19.1 Å². The monoisotopic (exact) mass is 244 g/mol. The highest BCUT2D eigenvalue weighted by Crippen LogP contribution is 2.30. The first kappa shape index (κ1) is 12.4. The molecule has 94 valence electrons. The van der Waals surface area contributed by atoms with Gasteiger partial charge in [-0.15, -0.1) is 0 Å². The number of rotatable bonds is 4. The lowest BCUT2D eigenvalue weighted by Gasteiger charge is -2.10. The molecule has 18 heavy (non-hydrogen) atoms. The van der Waals surface area contributed by atoms with Gasteiger partial charge in [0, 0.05) is 23.5 Å². The van der Waals surface area contributed by atoms with E-state index >= 15 is 0 Å². The molecule has 0 fully saturated rings. The van der Waals surface area contributed by atoms with Crippen LogP contribution < -0.4 is 9.47 Å². The summed E-state index contributed by atoms with van der Waals surface area (Å²) in [5.74, 6) is 0.836. The number of hydrogen-bond donors (Lipinski definition) is 0. The molecule has 4 heteroatoms. The van der Waals surface area contributed by atoms with Crippen LogP contribution in [-0.2, 0) is 6.42 Å². The summed E-state index contributed by atoms with van der Waals surface area (Å²) in [6.45, 7) is 2.12. The third kappa shape index (κ3) is 2.42. The molecule has 0 spiro atoms. The Hall–Kier alpha value is -2.10. The van der Waals surface area contributed by atoms with Gasteiger partial charge in [-0.2, -0.15) is 0 Å². The minimum atomic E-state index is 0.364. The van der Waals surface area contributed by atoms with Gasteiger partial charge in [0.2, 0.25) is 0 Å². The van der Waals surface area contributed by atoms with Gasteiger partial charge in [-0.05, 0) is 18.1 Å². The van der Waals surface area contributed by atoms with Crippen LogP contribution in [0, 0.1) is 0 Å². The van der Waals surface area contributed by atoms with Gasteiger partial charge >= 0.3 is 6.01 Å². The van der Waals surface area contributed by atoms with Crippen molar-refractivity contribution in [1.82, 2.24) is 9.97 Å². The number of aryl methyl sites for hydroxylation is 1. The Morgan fingerprint density at radius 1 is 1.06 bits per heavy atom. The molecular formula is C14H16N2O2. The Labute approximate surface area is 107 Å². The minimum absolute atomic E-state index is 0.364. The van der Waals surface area contributed by atoms with E-state index in [4.69, 9.17) is 9.47 Å². The first-order valence-corrected chi connectivity index (χ1v) is 5.81. The van der Waals surface area contributed by atoms with Crippen LogP contribution in [0.3, 0.4) is 0 Å². The molecule has 2 rings (SSSR count). The summed E-state index contributed by atoms with van der Waals surface area (Å²) in [7, 11) is 3.22. The molecule has 0 saturated heterocycles. The maximum absolute atomic E-state index is 5.41. The molecule has 0 bridgehead atoms. The van der Waals surface area contributed by atoms with E-state index in [1.807, 2.05) is 12.1 Å². The predicted octanol–water partition coefficient (Wildman–Crippen LogP) is 2.72. The maximum Gasteiger partial charge on any atom is 0.316 e. The number of hydrogen-bond acceptors (Lipinski definition) is 4. The zero-order chi connectivity index (χ0) is 13.0. The second-order valence-corrected chi connectivity index (χ2v) is 3.85. The van der Waals surface area contributed by atoms with E-state index in [0.29, 0.717) is 6.01 Å². The van der Waals surface area contributed by atoms with Crippen molar-refractivity contribution in [2.75, 3.05) is 14.2 Å². The van der Waals surface area contributed by atoms with Crippen LogP contribution in [0.1, 0.15) is 12.5 Å². The smallest absolute Gasteiger partial charge is 0.316 e. The molecule has 0 aliphatic carbocycles. The highest BCUT2D eigenvalue weighted by Gasteiger charge is 2.08. The average Bonchev–Trinajstić information content (AvgIpc) is 2.46. The zero-order valence-electron chi connectivity index (χ0n) is 10.8. The van der Waals surface area contributed by atoms with Crippen molar-refractivity contribution in [1.29, 1.82) is 0 Å². The fourth-order valence-electron chi connectivity index (χ4n) is 1.75. The molecule has 0 unspecified atom stereocenters. The number of ether oxygens (including phenoxy) is 2. The Bertz CT molecular complexity index is 524. The molecule has 4 nitrogen and oxygen atoms in total. The van der Waals surface area contributed by atoms with E-state index in [1.165, 1.54) is 5.56 Å². The fourth-order valence-corrected chi connectivity index (χ4v) is 1.75. The van der Waals surface area contributed by atoms with Gasteiger partial charge in [-0.25, -0.2) is 9.97 Å². The number of nitrogens with zero attached hydrogens (tertiary/aromatic N) is 2. The molecule has 0 aliphatic heterocycles. The van der Waals surface area contributed by atoms with E-state index in [1.54, 1.807) is 26.6 Å². The molecular weight excluding hydrogens is 228 g/mol. The second kappa shape index (κ2) is 5.49. The van der Waals surface area contributed by atoms with Crippen LogP contribution in [0.5, 0.6) is 11.8 Å². The molecule has 1 aromatic heterocycles. The van der Waals surface area contributed by atoms with Crippen LogP contribution >= 0.6 is 0 Å². The lowest BCUT2D eigenvalue weighted by Crippen LogP contribution is -1.94. The van der Waals surface area contributed by atoms with E-state index in [2.05, 4.69) is 23.0 Å². The van der Waals surface area contributed by atoms with Gasteiger partial charge in [0.1, 0.15) is 5.75 Å². The van der Waals surface area contributed by atoms with Crippen LogP contribution in [0.25, 0.3) is 11.1 Å². The molecule has 1 heterocycles. The van der Waals surface area contributed by atoms with Crippen LogP contribution in [0.2, 0.25) is 0 Å². The summed E-state index contributed by atoms with van der Waals surface area (Å²) in [6.07, 6.45) is 4.44. The summed E-state index contributed by atoms with van der Waals surface area (Å²) in [4.78, 5) is 8.21. The molecule has 2 aromatic rings. The average molecular weight is 244 g/mol. The Morgan fingerprint density at radius 3 is 2.33 bits per heavy atom. The second-order valence-electron chi connectivity index (χ2n) is 3.85. The summed E-state index contributed by atoms with van der Waals surface area (Å²) in [5.41, 5.74) is 3.14. The first-order valence-electron chi connectivity index (χ1n) is 5.81. The van der Waals surface area contributed by atoms with E-state index < -0.39 is 0 Å². The van der Waals surface area contributed by atoms with Crippen molar-refractivity contribution in [2.24, 2.45) is 0 Å². The maximum atomic E-state index is 5.41. The van der Waals surface area contributed by atoms with Crippen molar-refractivity contribution in [2.45, 2.75) is 13.3 Å². The topological polar surface area (TPSA) is 44.2 Å². The normalized spacial score (nSPS) is 10.2. The highest BCUT2D eigenvalue weighted by molar-refractivity contribution is 5.69. The number of benzene rings is 1. The number of methoxy groups -OCH3 is 2. The van der Waals surface area contributed by atoms with Gasteiger partial charge in [0.25, 0.3) is 0 Å². The predicted molar refractivity (Wildman–Crippen MR) is 70.0 cm³/mol. The Morgan fingerprint density at radius 2 is 1.78 bits per heavy atom. The quantitative estimate of drug-likeness (QED) is 0.829. The van der Waals surface area contributed by atoms with Crippen molar-refractivity contribution in [3.63, 3.8) is 0 Å². The summed E-state index contributed by atoms with van der Waals surface area (Å²) >= 11 is 0. The van der Waals surface area contributed by atoms with E-state index in [-0.39, 0.29) is 0 Å². The minimum Gasteiger partial charge on any atom is -0.496 e. The Kier molecular flexibility index (Phi) is 3.77. The third-order valence-electron chi connectivity index (χ3n) is 2.80. The van der Waals surface area contributed by atoms with Gasteiger partial charge in [0.15, 0.2) is 0 Å². The summed E-state index contributed by atoms with van der Waals surface area (Å²) in [5, 5.41) is 0. The summed E-state index contributed by atoms with van der Waals surface area (Å²) in [6, 6.07) is 6.52. The first-order chi connectivity index (χ1) is 8.78. The van der Waals surface area contributed by atoms with Crippen LogP contribution in [0.4, 0.5) is 0 Å². The van der Waals surface area contributed by atoms with Crippen LogP contribution in [0.15, 0.2) is 30.6 Å². The van der Waals surface area contributed by atoms with Crippen molar-refractivity contribution in [3.8, 4) is 22.9 Å². The Balaban J connectivity index is 2.42.